The van der Waals surface area contributed by atoms with Crippen LogP contribution in [-0.2, 0) is 14.3 Å². The van der Waals surface area contributed by atoms with Crippen LogP contribution in [0, 0.1) is 0 Å². The monoisotopic (exact) mass is 427 g/mol. The average molecular weight is 428 g/mol. The van der Waals surface area contributed by atoms with Gasteiger partial charge in [-0.05, 0) is 19.3 Å². The molecule has 0 aromatic heterocycles. The van der Waals surface area contributed by atoms with Crippen LogP contribution in [0.15, 0.2) is 0 Å². The zero-order valence-electron chi connectivity index (χ0n) is 20.1. The molecule has 0 unspecified atom stereocenters. The minimum absolute atomic E-state index is 0.341. The smallest absolute Gasteiger partial charge is 0.407 e. The van der Waals surface area contributed by atoms with Gasteiger partial charge in [0.25, 0.3) is 0 Å². The van der Waals surface area contributed by atoms with Gasteiger partial charge in [-0.2, -0.15) is 0 Å². The summed E-state index contributed by atoms with van der Waals surface area (Å²) in [6, 6.07) is -0.606. The number of esters is 1. The first-order valence-corrected chi connectivity index (χ1v) is 12.8. The summed E-state index contributed by atoms with van der Waals surface area (Å²) in [7, 11) is 0. The second-order valence-electron chi connectivity index (χ2n) is 8.39. The largest absolute Gasteiger partial charge is 0.464 e. The van der Waals surface area contributed by atoms with Gasteiger partial charge >= 0.3 is 12.1 Å². The van der Waals surface area contributed by atoms with E-state index in [-0.39, 0.29) is 5.97 Å². The molecule has 5 nitrogen and oxygen atoms in total. The van der Waals surface area contributed by atoms with Gasteiger partial charge < -0.3 is 14.8 Å². The summed E-state index contributed by atoms with van der Waals surface area (Å²) in [5.74, 6) is -0.341. The summed E-state index contributed by atoms with van der Waals surface area (Å²) in [5, 5.41) is 2.67. The third-order valence-corrected chi connectivity index (χ3v) is 5.38. The lowest BCUT2D eigenvalue weighted by molar-refractivity contribution is -0.146. The van der Waals surface area contributed by atoms with Crippen LogP contribution in [-0.4, -0.2) is 31.3 Å². The Morgan fingerprint density at radius 3 is 1.53 bits per heavy atom. The van der Waals surface area contributed by atoms with Crippen molar-refractivity contribution < 1.29 is 19.1 Å². The molecule has 0 heterocycles. The summed E-state index contributed by atoms with van der Waals surface area (Å²) < 4.78 is 10.6. The SMILES string of the molecule is CCCCCCCCCCCCCOC(=O)[C@H](CCC)NC(=O)OCCCCCC. The van der Waals surface area contributed by atoms with Gasteiger partial charge in [-0.3, -0.25) is 0 Å². The summed E-state index contributed by atoms with van der Waals surface area (Å²) in [6.45, 7) is 7.22. The van der Waals surface area contributed by atoms with E-state index in [2.05, 4.69) is 19.2 Å². The van der Waals surface area contributed by atoms with Gasteiger partial charge in [0.05, 0.1) is 13.2 Å². The number of rotatable bonds is 21. The van der Waals surface area contributed by atoms with E-state index >= 15 is 0 Å². The number of nitrogens with one attached hydrogen (secondary N) is 1. The van der Waals surface area contributed by atoms with E-state index < -0.39 is 12.1 Å². The highest BCUT2D eigenvalue weighted by Gasteiger charge is 2.21. The molecule has 0 saturated heterocycles. The lowest BCUT2D eigenvalue weighted by Gasteiger charge is -2.17. The van der Waals surface area contributed by atoms with Crippen molar-refractivity contribution in [1.29, 1.82) is 0 Å². The van der Waals surface area contributed by atoms with Crippen molar-refractivity contribution in [3.05, 3.63) is 0 Å². The highest BCUT2D eigenvalue weighted by atomic mass is 16.6. The normalized spacial score (nSPS) is 11.8. The van der Waals surface area contributed by atoms with Crippen LogP contribution in [0.25, 0.3) is 0 Å². The van der Waals surface area contributed by atoms with Crippen LogP contribution in [0.2, 0.25) is 0 Å². The van der Waals surface area contributed by atoms with E-state index in [4.69, 9.17) is 9.47 Å². The molecule has 178 valence electrons. The number of hydrogen-bond donors (Lipinski definition) is 1. The van der Waals surface area contributed by atoms with Crippen molar-refractivity contribution in [3.63, 3.8) is 0 Å². The predicted molar refractivity (Wildman–Crippen MR) is 125 cm³/mol. The lowest BCUT2D eigenvalue weighted by Crippen LogP contribution is -2.42. The molecule has 30 heavy (non-hydrogen) atoms. The van der Waals surface area contributed by atoms with E-state index in [0.717, 1.165) is 44.9 Å². The Morgan fingerprint density at radius 2 is 1.03 bits per heavy atom. The highest BCUT2D eigenvalue weighted by molar-refractivity contribution is 5.81. The maximum atomic E-state index is 12.3. The van der Waals surface area contributed by atoms with Crippen LogP contribution in [0.4, 0.5) is 4.79 Å². The molecule has 0 bridgehead atoms. The van der Waals surface area contributed by atoms with Gasteiger partial charge in [0.2, 0.25) is 0 Å². The Bertz CT molecular complexity index is 401. The van der Waals surface area contributed by atoms with E-state index in [1.807, 2.05) is 6.92 Å². The summed E-state index contributed by atoms with van der Waals surface area (Å²) in [6.07, 6.45) is 19.0. The van der Waals surface area contributed by atoms with Crippen LogP contribution >= 0.6 is 0 Å². The Morgan fingerprint density at radius 1 is 0.600 bits per heavy atom. The van der Waals surface area contributed by atoms with Gasteiger partial charge in [-0.1, -0.05) is 111 Å². The lowest BCUT2D eigenvalue weighted by atomic mass is 10.1. The minimum atomic E-state index is -0.606. The number of ether oxygens (including phenoxy) is 2. The fraction of sp³-hybridized carbons (Fsp3) is 0.920. The van der Waals surface area contributed by atoms with Gasteiger partial charge in [-0.15, -0.1) is 0 Å². The Kier molecular flexibility index (Phi) is 21.5. The number of amides is 1. The molecule has 1 N–H and O–H groups in total. The second-order valence-corrected chi connectivity index (χ2v) is 8.39. The van der Waals surface area contributed by atoms with Crippen LogP contribution in [0.5, 0.6) is 0 Å². The third kappa shape index (κ3) is 18.7. The first-order chi connectivity index (χ1) is 14.7. The molecule has 0 fully saturated rings. The van der Waals surface area contributed by atoms with Gasteiger partial charge in [0, 0.05) is 0 Å². The van der Waals surface area contributed by atoms with Gasteiger partial charge in [-0.25, -0.2) is 9.59 Å². The number of hydrogen-bond acceptors (Lipinski definition) is 4. The average Bonchev–Trinajstić information content (AvgIpc) is 2.74. The van der Waals surface area contributed by atoms with Crippen molar-refractivity contribution in [2.75, 3.05) is 13.2 Å². The van der Waals surface area contributed by atoms with Crippen molar-refractivity contribution in [3.8, 4) is 0 Å². The van der Waals surface area contributed by atoms with Crippen molar-refractivity contribution in [2.45, 2.75) is 136 Å². The predicted octanol–water partition coefficient (Wildman–Crippen LogP) is 7.32. The van der Waals surface area contributed by atoms with Crippen LogP contribution in [0.1, 0.15) is 130 Å². The zero-order chi connectivity index (χ0) is 22.3. The standard InChI is InChI=1S/C25H49NO4/c1-4-7-9-11-12-13-14-15-16-17-19-21-29-24(27)23(20-6-3)26-25(28)30-22-18-10-8-5-2/h23H,4-22H2,1-3H3,(H,26,28)/t23-/m0/s1. The molecule has 0 spiro atoms. The number of carbonyl (C=O) groups excluding carboxylic acids is 2. The van der Waals surface area contributed by atoms with Crippen molar-refractivity contribution in [2.24, 2.45) is 0 Å². The van der Waals surface area contributed by atoms with E-state index in [0.29, 0.717) is 19.6 Å². The quantitative estimate of drug-likeness (QED) is 0.154. The molecule has 0 aliphatic heterocycles. The van der Waals surface area contributed by atoms with Crippen molar-refractivity contribution >= 4 is 12.1 Å². The topological polar surface area (TPSA) is 64.6 Å². The summed E-state index contributed by atoms with van der Waals surface area (Å²) in [4.78, 5) is 24.2. The second kappa shape index (κ2) is 22.4. The van der Waals surface area contributed by atoms with E-state index in [1.165, 1.54) is 57.8 Å². The van der Waals surface area contributed by atoms with E-state index in [1.54, 1.807) is 0 Å². The third-order valence-electron chi connectivity index (χ3n) is 5.38. The minimum Gasteiger partial charge on any atom is -0.464 e. The van der Waals surface area contributed by atoms with Crippen LogP contribution < -0.4 is 5.32 Å². The molecular weight excluding hydrogens is 378 g/mol. The molecule has 0 aromatic carbocycles. The molecule has 0 radical (unpaired) electrons. The number of alkyl carbamates (subject to hydrolysis) is 1. The Hall–Kier alpha value is -1.26. The van der Waals surface area contributed by atoms with Crippen molar-refractivity contribution in [1.82, 2.24) is 5.32 Å². The molecule has 0 aliphatic rings. The maximum Gasteiger partial charge on any atom is 0.407 e. The number of unbranched alkanes of at least 4 members (excludes halogenated alkanes) is 13. The fourth-order valence-electron chi connectivity index (χ4n) is 3.45. The van der Waals surface area contributed by atoms with E-state index in [9.17, 15) is 9.59 Å². The molecular formula is C25H49NO4. The summed E-state index contributed by atoms with van der Waals surface area (Å²) in [5.41, 5.74) is 0. The Labute approximate surface area is 186 Å². The van der Waals surface area contributed by atoms with Crippen LogP contribution in [0.3, 0.4) is 0 Å². The summed E-state index contributed by atoms with van der Waals surface area (Å²) >= 11 is 0. The first kappa shape index (κ1) is 28.7. The zero-order valence-corrected chi connectivity index (χ0v) is 20.1. The molecule has 0 saturated carbocycles. The fourth-order valence-corrected chi connectivity index (χ4v) is 3.45. The maximum absolute atomic E-state index is 12.3. The molecule has 0 aromatic rings. The van der Waals surface area contributed by atoms with Gasteiger partial charge in [0.15, 0.2) is 0 Å². The molecule has 0 rings (SSSR count). The molecule has 1 atom stereocenters. The molecule has 0 aliphatic carbocycles. The number of carbonyl (C=O) groups is 2. The van der Waals surface area contributed by atoms with Gasteiger partial charge in [0.1, 0.15) is 6.04 Å². The Balaban J connectivity index is 3.74. The highest BCUT2D eigenvalue weighted by Crippen LogP contribution is 2.11. The molecule has 5 heteroatoms. The first-order valence-electron chi connectivity index (χ1n) is 12.8. The molecule has 1 amide bonds.